The van der Waals surface area contributed by atoms with E-state index in [1.54, 1.807) is 11.0 Å². The predicted octanol–water partition coefficient (Wildman–Crippen LogP) is 0.946. The summed E-state index contributed by atoms with van der Waals surface area (Å²) in [6.45, 7) is 4.92. The number of carbonyl (C=O) groups is 1. The first-order valence-corrected chi connectivity index (χ1v) is 7.16. The van der Waals surface area contributed by atoms with Crippen LogP contribution in [0.5, 0.6) is 0 Å². The number of piperidine rings is 1. The highest BCUT2D eigenvalue weighted by Crippen LogP contribution is 2.20. The van der Waals surface area contributed by atoms with Crippen molar-refractivity contribution in [3.05, 3.63) is 23.0 Å². The van der Waals surface area contributed by atoms with E-state index in [-0.39, 0.29) is 17.7 Å². The second kappa shape index (κ2) is 6.51. The Morgan fingerprint density at radius 3 is 3.00 bits per heavy atom. The minimum atomic E-state index is -0.0892. The summed E-state index contributed by atoms with van der Waals surface area (Å²) in [4.78, 5) is 14.5. The summed E-state index contributed by atoms with van der Waals surface area (Å²) in [7, 11) is 0. The van der Waals surface area contributed by atoms with Crippen molar-refractivity contribution in [3.8, 4) is 0 Å². The Bertz CT molecular complexity index is 558. The number of likely N-dealkylation sites (tertiary alicyclic amines) is 1. The molecule has 114 valence electrons. The fourth-order valence-corrected chi connectivity index (χ4v) is 2.62. The number of hydrogen-bond donors (Lipinski definition) is 2. The van der Waals surface area contributed by atoms with E-state index in [0.717, 1.165) is 18.5 Å². The lowest BCUT2D eigenvalue weighted by Crippen LogP contribution is -2.44. The van der Waals surface area contributed by atoms with Crippen LogP contribution in [0.25, 0.3) is 0 Å². The highest BCUT2D eigenvalue weighted by Gasteiger charge is 2.28. The maximum Gasteiger partial charge on any atom is 0.255 e. The monoisotopic (exact) mass is 291 g/mol. The van der Waals surface area contributed by atoms with Crippen LogP contribution in [0.15, 0.2) is 11.2 Å². The topological polar surface area (TPSA) is 105 Å². The Labute approximate surface area is 123 Å². The molecular formula is C14H21N5O2. The van der Waals surface area contributed by atoms with Gasteiger partial charge in [0.05, 0.1) is 17.0 Å². The summed E-state index contributed by atoms with van der Waals surface area (Å²) >= 11 is 0. The highest BCUT2D eigenvalue weighted by molar-refractivity contribution is 5.96. The van der Waals surface area contributed by atoms with Gasteiger partial charge in [-0.25, -0.2) is 0 Å². The molecule has 7 nitrogen and oxygen atoms in total. The zero-order chi connectivity index (χ0) is 15.4. The number of carbonyl (C=O) groups excluding carboxylic acids is 1. The van der Waals surface area contributed by atoms with Gasteiger partial charge in [0.2, 0.25) is 0 Å². The lowest BCUT2D eigenvalue weighted by Gasteiger charge is -2.32. The number of amides is 1. The van der Waals surface area contributed by atoms with Crippen LogP contribution in [0.3, 0.4) is 0 Å². The molecule has 1 unspecified atom stereocenters. The van der Waals surface area contributed by atoms with Gasteiger partial charge in [-0.05, 0) is 32.3 Å². The van der Waals surface area contributed by atoms with Gasteiger partial charge in [0, 0.05) is 19.0 Å². The van der Waals surface area contributed by atoms with Gasteiger partial charge in [-0.15, -0.1) is 0 Å². The molecule has 1 aliphatic rings. The number of aromatic nitrogens is 2. The third-order valence-corrected chi connectivity index (χ3v) is 3.80. The van der Waals surface area contributed by atoms with Crippen LogP contribution >= 0.6 is 0 Å². The van der Waals surface area contributed by atoms with Gasteiger partial charge in [-0.2, -0.15) is 10.2 Å². The SMILES string of the molecule is CCc1nnc(C)cc1C(=O)N1CCCC(C(N)=NO)C1. The quantitative estimate of drug-likeness (QED) is 0.373. The molecule has 7 heteroatoms. The largest absolute Gasteiger partial charge is 0.409 e. The molecule has 0 aliphatic carbocycles. The lowest BCUT2D eigenvalue weighted by molar-refractivity contribution is 0.0699. The summed E-state index contributed by atoms with van der Waals surface area (Å²) in [6, 6.07) is 1.78. The summed E-state index contributed by atoms with van der Waals surface area (Å²) in [5.74, 6) is 0.0428. The smallest absolute Gasteiger partial charge is 0.255 e. The summed E-state index contributed by atoms with van der Waals surface area (Å²) in [6.07, 6.45) is 2.32. The van der Waals surface area contributed by atoms with Crippen LogP contribution < -0.4 is 5.73 Å². The maximum absolute atomic E-state index is 12.7. The number of oxime groups is 1. The Morgan fingerprint density at radius 2 is 2.33 bits per heavy atom. The van der Waals surface area contributed by atoms with Crippen molar-refractivity contribution in [3.63, 3.8) is 0 Å². The van der Waals surface area contributed by atoms with Crippen molar-refractivity contribution in [1.29, 1.82) is 0 Å². The van der Waals surface area contributed by atoms with Crippen LogP contribution in [-0.4, -0.2) is 45.1 Å². The molecular weight excluding hydrogens is 270 g/mol. The molecule has 1 aromatic rings. The number of hydrogen-bond acceptors (Lipinski definition) is 5. The van der Waals surface area contributed by atoms with Crippen molar-refractivity contribution in [2.45, 2.75) is 33.1 Å². The highest BCUT2D eigenvalue weighted by atomic mass is 16.4. The molecule has 1 amide bonds. The maximum atomic E-state index is 12.7. The van der Waals surface area contributed by atoms with Gasteiger partial charge in [-0.3, -0.25) is 4.79 Å². The summed E-state index contributed by atoms with van der Waals surface area (Å²) in [5.41, 5.74) is 7.70. The zero-order valence-corrected chi connectivity index (χ0v) is 12.4. The van der Waals surface area contributed by atoms with E-state index in [1.165, 1.54) is 0 Å². The van der Waals surface area contributed by atoms with E-state index >= 15 is 0 Å². The molecule has 1 aromatic heterocycles. The number of amidine groups is 1. The molecule has 1 saturated heterocycles. The normalized spacial score (nSPS) is 19.6. The van der Waals surface area contributed by atoms with E-state index in [9.17, 15) is 4.79 Å². The Morgan fingerprint density at radius 1 is 1.57 bits per heavy atom. The van der Waals surface area contributed by atoms with Gasteiger partial charge in [0.1, 0.15) is 5.84 Å². The summed E-state index contributed by atoms with van der Waals surface area (Å²) in [5, 5.41) is 19.9. The minimum Gasteiger partial charge on any atom is -0.409 e. The van der Waals surface area contributed by atoms with Gasteiger partial charge >= 0.3 is 0 Å². The fourth-order valence-electron chi connectivity index (χ4n) is 2.62. The molecule has 2 heterocycles. The van der Waals surface area contributed by atoms with Gasteiger partial charge in [0.25, 0.3) is 5.91 Å². The predicted molar refractivity (Wildman–Crippen MR) is 78.2 cm³/mol. The van der Waals surface area contributed by atoms with Gasteiger partial charge in [-0.1, -0.05) is 12.1 Å². The van der Waals surface area contributed by atoms with E-state index in [4.69, 9.17) is 10.9 Å². The van der Waals surface area contributed by atoms with E-state index < -0.39 is 0 Å². The molecule has 2 rings (SSSR count). The lowest BCUT2D eigenvalue weighted by atomic mass is 9.96. The number of nitrogens with zero attached hydrogens (tertiary/aromatic N) is 4. The number of nitrogens with two attached hydrogens (primary N) is 1. The van der Waals surface area contributed by atoms with Crippen molar-refractivity contribution >= 4 is 11.7 Å². The van der Waals surface area contributed by atoms with Crippen molar-refractivity contribution < 1.29 is 10.0 Å². The minimum absolute atomic E-state index is 0.0553. The van der Waals surface area contributed by atoms with Crippen LogP contribution in [0.4, 0.5) is 0 Å². The first-order valence-electron chi connectivity index (χ1n) is 7.16. The Balaban J connectivity index is 2.21. The first kappa shape index (κ1) is 15.2. The molecule has 3 N–H and O–H groups in total. The van der Waals surface area contributed by atoms with Crippen LogP contribution in [0, 0.1) is 12.8 Å². The van der Waals surface area contributed by atoms with E-state index in [1.807, 2.05) is 13.8 Å². The first-order chi connectivity index (χ1) is 10.1. The van der Waals surface area contributed by atoms with Gasteiger partial charge < -0.3 is 15.8 Å². The third-order valence-electron chi connectivity index (χ3n) is 3.80. The Kier molecular flexibility index (Phi) is 4.72. The fraction of sp³-hybridized carbons (Fsp3) is 0.571. The molecule has 1 fully saturated rings. The van der Waals surface area contributed by atoms with Crippen molar-refractivity contribution in [1.82, 2.24) is 15.1 Å². The Hall–Kier alpha value is -2.18. The van der Waals surface area contributed by atoms with Crippen molar-refractivity contribution in [2.24, 2.45) is 16.8 Å². The second-order valence-electron chi connectivity index (χ2n) is 5.31. The van der Waals surface area contributed by atoms with E-state index in [0.29, 0.717) is 30.8 Å². The average molecular weight is 291 g/mol. The molecule has 0 radical (unpaired) electrons. The zero-order valence-electron chi connectivity index (χ0n) is 12.4. The number of aryl methyl sites for hydroxylation is 2. The standard InChI is InChI=1S/C14H21N5O2/c1-3-12-11(7-9(2)16-17-12)14(20)19-6-4-5-10(8-19)13(15)18-21/h7,10,21H,3-6,8H2,1-2H3,(H2,15,18). The molecule has 1 aliphatic heterocycles. The number of rotatable bonds is 3. The van der Waals surface area contributed by atoms with Crippen LogP contribution in [-0.2, 0) is 6.42 Å². The molecule has 0 spiro atoms. The van der Waals surface area contributed by atoms with Gasteiger partial charge in [0.15, 0.2) is 0 Å². The second-order valence-corrected chi connectivity index (χ2v) is 5.31. The van der Waals surface area contributed by atoms with E-state index in [2.05, 4.69) is 15.4 Å². The molecule has 21 heavy (non-hydrogen) atoms. The average Bonchev–Trinajstić information content (AvgIpc) is 2.53. The molecule has 0 aromatic carbocycles. The summed E-state index contributed by atoms with van der Waals surface area (Å²) < 4.78 is 0. The van der Waals surface area contributed by atoms with Crippen molar-refractivity contribution in [2.75, 3.05) is 13.1 Å². The molecule has 0 saturated carbocycles. The molecule has 1 atom stereocenters. The van der Waals surface area contributed by atoms with Crippen LogP contribution in [0.2, 0.25) is 0 Å². The third kappa shape index (κ3) is 3.29. The van der Waals surface area contributed by atoms with Crippen LogP contribution in [0.1, 0.15) is 41.5 Å². The molecule has 0 bridgehead atoms.